The first kappa shape index (κ1) is 10.5. The van der Waals surface area contributed by atoms with E-state index in [-0.39, 0.29) is 6.04 Å². The lowest BCUT2D eigenvalue weighted by atomic mass is 10.0. The lowest BCUT2D eigenvalue weighted by Crippen LogP contribution is -2.07. The minimum atomic E-state index is 0.138. The van der Waals surface area contributed by atoms with Crippen molar-refractivity contribution in [3.05, 3.63) is 16.1 Å². The molecule has 0 spiro atoms. The van der Waals surface area contributed by atoms with Gasteiger partial charge in [-0.05, 0) is 31.3 Å². The van der Waals surface area contributed by atoms with Gasteiger partial charge in [-0.2, -0.15) is 11.8 Å². The number of nitrogens with zero attached hydrogens (tertiary/aromatic N) is 1. The maximum atomic E-state index is 5.82. The van der Waals surface area contributed by atoms with Crippen molar-refractivity contribution in [1.82, 2.24) is 4.98 Å². The zero-order chi connectivity index (χ0) is 9.97. The molecule has 2 rings (SSSR count). The van der Waals surface area contributed by atoms with E-state index in [1.807, 2.05) is 13.1 Å². The van der Waals surface area contributed by atoms with Gasteiger partial charge in [-0.25, -0.2) is 4.98 Å². The number of thioether (sulfide) groups is 1. The van der Waals surface area contributed by atoms with Gasteiger partial charge in [0, 0.05) is 23.0 Å². The Morgan fingerprint density at radius 3 is 2.79 bits per heavy atom. The van der Waals surface area contributed by atoms with Crippen LogP contribution in [0.15, 0.2) is 6.20 Å². The van der Waals surface area contributed by atoms with Gasteiger partial charge in [0.25, 0.3) is 0 Å². The minimum absolute atomic E-state index is 0.138. The first-order valence-corrected chi connectivity index (χ1v) is 7.03. The Bertz CT molecular complexity index is 290. The van der Waals surface area contributed by atoms with Crippen LogP contribution in [0.2, 0.25) is 0 Å². The average molecular weight is 228 g/mol. The molecule has 1 aliphatic heterocycles. The van der Waals surface area contributed by atoms with Crippen molar-refractivity contribution in [2.24, 2.45) is 5.73 Å². The van der Waals surface area contributed by atoms with Gasteiger partial charge in [0.15, 0.2) is 0 Å². The molecule has 1 saturated heterocycles. The van der Waals surface area contributed by atoms with E-state index in [2.05, 4.69) is 16.7 Å². The van der Waals surface area contributed by atoms with Crippen molar-refractivity contribution >= 4 is 23.1 Å². The molecule has 0 bridgehead atoms. The molecule has 2 heterocycles. The third kappa shape index (κ3) is 2.30. The van der Waals surface area contributed by atoms with Crippen LogP contribution in [0.1, 0.15) is 41.6 Å². The van der Waals surface area contributed by atoms with Gasteiger partial charge in [-0.1, -0.05) is 0 Å². The molecule has 78 valence electrons. The van der Waals surface area contributed by atoms with Crippen LogP contribution in [0.25, 0.3) is 0 Å². The second-order valence-corrected chi connectivity index (χ2v) is 6.09. The van der Waals surface area contributed by atoms with E-state index < -0.39 is 0 Å². The Hall–Kier alpha value is -0.0600. The molecule has 2 nitrogen and oxygen atoms in total. The summed E-state index contributed by atoms with van der Waals surface area (Å²) in [5.41, 5.74) is 5.82. The second-order valence-electron chi connectivity index (χ2n) is 3.78. The molecular weight excluding hydrogens is 212 g/mol. The molecule has 2 N–H and O–H groups in total. The molecule has 1 aliphatic rings. The standard InChI is InChI=1S/C10H16N2S2/c1-7(11)9-6-12-10(14-9)8-2-4-13-5-3-8/h6-8H,2-5,11H2,1H3. The number of rotatable bonds is 2. The third-order valence-corrected chi connectivity index (χ3v) is 4.97. The van der Waals surface area contributed by atoms with Crippen molar-refractivity contribution in [3.8, 4) is 0 Å². The van der Waals surface area contributed by atoms with Crippen LogP contribution in [0.3, 0.4) is 0 Å². The fourth-order valence-electron chi connectivity index (χ4n) is 1.64. The van der Waals surface area contributed by atoms with Gasteiger partial charge < -0.3 is 5.73 Å². The van der Waals surface area contributed by atoms with E-state index in [1.54, 1.807) is 11.3 Å². The Kier molecular flexibility index (Phi) is 3.47. The Balaban J connectivity index is 2.07. The molecule has 1 atom stereocenters. The molecule has 0 aromatic carbocycles. The molecule has 1 aromatic heterocycles. The number of hydrogen-bond acceptors (Lipinski definition) is 4. The highest BCUT2D eigenvalue weighted by Gasteiger charge is 2.19. The Morgan fingerprint density at radius 2 is 2.21 bits per heavy atom. The van der Waals surface area contributed by atoms with Gasteiger partial charge >= 0.3 is 0 Å². The molecule has 0 aliphatic carbocycles. The molecule has 4 heteroatoms. The molecule has 1 unspecified atom stereocenters. The highest BCUT2D eigenvalue weighted by Crippen LogP contribution is 2.34. The van der Waals surface area contributed by atoms with Crippen LogP contribution >= 0.6 is 23.1 Å². The minimum Gasteiger partial charge on any atom is -0.323 e. The highest BCUT2D eigenvalue weighted by atomic mass is 32.2. The fourth-order valence-corrected chi connectivity index (χ4v) is 3.79. The van der Waals surface area contributed by atoms with Crippen molar-refractivity contribution in [1.29, 1.82) is 0 Å². The molecule has 0 saturated carbocycles. The third-order valence-electron chi connectivity index (χ3n) is 2.56. The van der Waals surface area contributed by atoms with E-state index in [0.29, 0.717) is 5.92 Å². The van der Waals surface area contributed by atoms with Crippen LogP contribution in [0, 0.1) is 0 Å². The largest absolute Gasteiger partial charge is 0.323 e. The van der Waals surface area contributed by atoms with Crippen molar-refractivity contribution < 1.29 is 0 Å². The monoisotopic (exact) mass is 228 g/mol. The van der Waals surface area contributed by atoms with Gasteiger partial charge in [0.05, 0.1) is 5.01 Å². The van der Waals surface area contributed by atoms with Gasteiger partial charge in [0.1, 0.15) is 0 Å². The summed E-state index contributed by atoms with van der Waals surface area (Å²) in [7, 11) is 0. The molecule has 0 radical (unpaired) electrons. The number of nitrogens with two attached hydrogens (primary N) is 1. The zero-order valence-corrected chi connectivity index (χ0v) is 10.0. The van der Waals surface area contributed by atoms with E-state index in [9.17, 15) is 0 Å². The first-order valence-electron chi connectivity index (χ1n) is 5.06. The molecule has 14 heavy (non-hydrogen) atoms. The van der Waals surface area contributed by atoms with Crippen LogP contribution in [0.4, 0.5) is 0 Å². The lowest BCUT2D eigenvalue weighted by molar-refractivity contribution is 0.633. The van der Waals surface area contributed by atoms with Crippen LogP contribution in [-0.4, -0.2) is 16.5 Å². The second kappa shape index (κ2) is 4.64. The van der Waals surface area contributed by atoms with Crippen LogP contribution < -0.4 is 5.73 Å². The van der Waals surface area contributed by atoms with Crippen molar-refractivity contribution in [2.75, 3.05) is 11.5 Å². The maximum Gasteiger partial charge on any atom is 0.0959 e. The normalized spacial score (nSPS) is 21.0. The number of hydrogen-bond donors (Lipinski definition) is 1. The predicted octanol–water partition coefficient (Wildman–Crippen LogP) is 2.77. The Labute approximate surface area is 93.3 Å². The first-order chi connectivity index (χ1) is 6.77. The van der Waals surface area contributed by atoms with Gasteiger partial charge in [0.2, 0.25) is 0 Å². The molecule has 1 fully saturated rings. The van der Waals surface area contributed by atoms with Crippen molar-refractivity contribution in [3.63, 3.8) is 0 Å². The van der Waals surface area contributed by atoms with Gasteiger partial charge in [-0.3, -0.25) is 0 Å². The van der Waals surface area contributed by atoms with Gasteiger partial charge in [-0.15, -0.1) is 11.3 Å². The summed E-state index contributed by atoms with van der Waals surface area (Å²) in [6.07, 6.45) is 4.53. The summed E-state index contributed by atoms with van der Waals surface area (Å²) in [6, 6.07) is 0.138. The average Bonchev–Trinajstić information content (AvgIpc) is 2.68. The predicted molar refractivity (Wildman–Crippen MR) is 64.0 cm³/mol. The molecule has 1 aromatic rings. The van der Waals surface area contributed by atoms with Crippen LogP contribution in [0.5, 0.6) is 0 Å². The zero-order valence-electron chi connectivity index (χ0n) is 8.40. The summed E-state index contributed by atoms with van der Waals surface area (Å²) in [6.45, 7) is 2.02. The smallest absolute Gasteiger partial charge is 0.0959 e. The summed E-state index contributed by atoms with van der Waals surface area (Å²) in [4.78, 5) is 5.71. The highest BCUT2D eigenvalue weighted by molar-refractivity contribution is 7.99. The number of thiazole rings is 1. The summed E-state index contributed by atoms with van der Waals surface area (Å²) < 4.78 is 0. The topological polar surface area (TPSA) is 38.9 Å². The fraction of sp³-hybridized carbons (Fsp3) is 0.700. The van der Waals surface area contributed by atoms with E-state index in [1.165, 1.54) is 34.2 Å². The van der Waals surface area contributed by atoms with Crippen LogP contribution in [-0.2, 0) is 0 Å². The van der Waals surface area contributed by atoms with E-state index in [4.69, 9.17) is 5.73 Å². The van der Waals surface area contributed by atoms with E-state index in [0.717, 1.165) is 0 Å². The number of aromatic nitrogens is 1. The van der Waals surface area contributed by atoms with E-state index >= 15 is 0 Å². The quantitative estimate of drug-likeness (QED) is 0.846. The molecule has 0 amide bonds. The maximum absolute atomic E-state index is 5.82. The summed E-state index contributed by atoms with van der Waals surface area (Å²) in [5.74, 6) is 3.28. The lowest BCUT2D eigenvalue weighted by Gasteiger charge is -2.18. The summed E-state index contributed by atoms with van der Waals surface area (Å²) in [5, 5.41) is 1.30. The Morgan fingerprint density at radius 1 is 1.50 bits per heavy atom. The molecular formula is C10H16N2S2. The summed E-state index contributed by atoms with van der Waals surface area (Å²) >= 11 is 3.86. The van der Waals surface area contributed by atoms with Crippen molar-refractivity contribution in [2.45, 2.75) is 31.7 Å². The SMILES string of the molecule is CC(N)c1cnc(C2CCSCC2)s1.